The minimum atomic E-state index is -0.576. The maximum atomic E-state index is 12.1. The first-order valence-corrected chi connectivity index (χ1v) is 9.36. The number of halogens is 1. The summed E-state index contributed by atoms with van der Waals surface area (Å²) in [4.78, 5) is 24.1. The van der Waals surface area contributed by atoms with E-state index >= 15 is 0 Å². The van der Waals surface area contributed by atoms with Crippen molar-refractivity contribution in [2.24, 2.45) is 0 Å². The van der Waals surface area contributed by atoms with Crippen LogP contribution in [0.25, 0.3) is 0 Å². The van der Waals surface area contributed by atoms with Crippen LogP contribution >= 0.6 is 15.9 Å². The van der Waals surface area contributed by atoms with Crippen molar-refractivity contribution in [1.29, 1.82) is 0 Å². The highest BCUT2D eigenvalue weighted by atomic mass is 79.9. The predicted molar refractivity (Wildman–Crippen MR) is 111 cm³/mol. The number of esters is 1. The predicted octanol–water partition coefficient (Wildman–Crippen LogP) is 5.35. The molecule has 0 spiro atoms. The molecule has 0 aliphatic heterocycles. The normalized spacial score (nSPS) is 10.2. The summed E-state index contributed by atoms with van der Waals surface area (Å²) in [5.74, 6) is 0.330. The zero-order chi connectivity index (χ0) is 19.9. The van der Waals surface area contributed by atoms with Gasteiger partial charge < -0.3 is 14.8 Å². The van der Waals surface area contributed by atoms with Crippen LogP contribution in [0.1, 0.15) is 15.9 Å². The average Bonchev–Trinajstić information content (AvgIpc) is 2.70. The lowest BCUT2D eigenvalue weighted by atomic mass is 10.2. The zero-order valence-corrected chi connectivity index (χ0v) is 16.7. The minimum Gasteiger partial charge on any atom is -0.457 e. The Morgan fingerprint density at radius 1 is 0.929 bits per heavy atom. The van der Waals surface area contributed by atoms with E-state index in [0.717, 1.165) is 10.0 Å². The van der Waals surface area contributed by atoms with Crippen molar-refractivity contribution < 1.29 is 19.1 Å². The maximum Gasteiger partial charge on any atom is 0.338 e. The molecule has 0 heterocycles. The fourth-order valence-corrected chi connectivity index (χ4v) is 2.66. The van der Waals surface area contributed by atoms with Crippen LogP contribution in [0.15, 0.2) is 77.3 Å². The molecule has 0 bridgehead atoms. The molecule has 0 radical (unpaired) electrons. The number of anilines is 1. The summed E-state index contributed by atoms with van der Waals surface area (Å²) in [7, 11) is 0. The average molecular weight is 440 g/mol. The smallest absolute Gasteiger partial charge is 0.338 e. The Labute approximate surface area is 171 Å². The van der Waals surface area contributed by atoms with E-state index in [9.17, 15) is 9.59 Å². The first kappa shape index (κ1) is 19.6. The summed E-state index contributed by atoms with van der Waals surface area (Å²) in [6.45, 7) is 1.56. The molecule has 1 N–H and O–H groups in total. The van der Waals surface area contributed by atoms with E-state index in [1.165, 1.54) is 0 Å². The topological polar surface area (TPSA) is 64.6 Å². The van der Waals surface area contributed by atoms with E-state index in [0.29, 0.717) is 22.7 Å². The van der Waals surface area contributed by atoms with Gasteiger partial charge in [-0.05, 0) is 67.1 Å². The summed E-state index contributed by atoms with van der Waals surface area (Å²) in [6, 6.07) is 21.3. The third-order valence-corrected chi connectivity index (χ3v) is 4.73. The Kier molecular flexibility index (Phi) is 6.45. The molecule has 3 aromatic rings. The van der Waals surface area contributed by atoms with Crippen molar-refractivity contribution >= 4 is 33.5 Å². The molecule has 0 saturated carbocycles. The van der Waals surface area contributed by atoms with Crippen LogP contribution in [0.5, 0.6) is 11.5 Å². The van der Waals surface area contributed by atoms with Crippen LogP contribution in [0, 0.1) is 6.92 Å². The molecule has 0 unspecified atom stereocenters. The molecule has 0 aliphatic rings. The molecule has 0 aromatic heterocycles. The molecule has 0 aliphatic carbocycles. The van der Waals surface area contributed by atoms with Gasteiger partial charge in [-0.25, -0.2) is 4.79 Å². The van der Waals surface area contributed by atoms with Crippen molar-refractivity contribution in [1.82, 2.24) is 0 Å². The third-order valence-electron chi connectivity index (χ3n) is 3.84. The van der Waals surface area contributed by atoms with Crippen LogP contribution < -0.4 is 10.1 Å². The number of amides is 1. The lowest BCUT2D eigenvalue weighted by molar-refractivity contribution is -0.119. The standard InChI is InChI=1S/C22H18BrNO4/c1-15-13-17(9-12-20(15)23)24-21(25)14-27-22(26)16-7-10-19(11-8-16)28-18-5-3-2-4-6-18/h2-13H,14H2,1H3,(H,24,25). The molecule has 3 rings (SSSR count). The van der Waals surface area contributed by atoms with E-state index in [1.807, 2.05) is 49.4 Å². The molecule has 0 atom stereocenters. The lowest BCUT2D eigenvalue weighted by Gasteiger charge is -2.09. The number of aryl methyl sites for hydroxylation is 1. The Balaban J connectivity index is 1.51. The van der Waals surface area contributed by atoms with Crippen LogP contribution in [-0.4, -0.2) is 18.5 Å². The highest BCUT2D eigenvalue weighted by Gasteiger charge is 2.11. The van der Waals surface area contributed by atoms with Gasteiger partial charge in [-0.3, -0.25) is 4.79 Å². The number of para-hydroxylation sites is 1. The Bertz CT molecular complexity index is 972. The molecular weight excluding hydrogens is 422 g/mol. The Morgan fingerprint density at radius 2 is 1.61 bits per heavy atom. The van der Waals surface area contributed by atoms with Gasteiger partial charge in [0.1, 0.15) is 11.5 Å². The monoisotopic (exact) mass is 439 g/mol. The molecule has 0 saturated heterocycles. The SMILES string of the molecule is Cc1cc(NC(=O)COC(=O)c2ccc(Oc3ccccc3)cc2)ccc1Br. The summed E-state index contributed by atoms with van der Waals surface area (Å²) in [5, 5.41) is 2.70. The first-order valence-electron chi connectivity index (χ1n) is 8.57. The second kappa shape index (κ2) is 9.19. The van der Waals surface area contributed by atoms with Gasteiger partial charge in [-0.2, -0.15) is 0 Å². The van der Waals surface area contributed by atoms with E-state index in [-0.39, 0.29) is 6.61 Å². The number of hydrogen-bond donors (Lipinski definition) is 1. The van der Waals surface area contributed by atoms with Crippen LogP contribution in [0.4, 0.5) is 5.69 Å². The van der Waals surface area contributed by atoms with Crippen LogP contribution in [-0.2, 0) is 9.53 Å². The number of rotatable bonds is 6. The molecule has 1 amide bonds. The van der Waals surface area contributed by atoms with Crippen molar-refractivity contribution in [3.05, 3.63) is 88.4 Å². The minimum absolute atomic E-state index is 0.340. The van der Waals surface area contributed by atoms with Crippen LogP contribution in [0.2, 0.25) is 0 Å². The number of carbonyl (C=O) groups is 2. The molecule has 0 fully saturated rings. The molecule has 5 nitrogen and oxygen atoms in total. The van der Waals surface area contributed by atoms with Gasteiger partial charge in [-0.1, -0.05) is 34.1 Å². The van der Waals surface area contributed by atoms with Crippen molar-refractivity contribution in [2.45, 2.75) is 6.92 Å². The highest BCUT2D eigenvalue weighted by molar-refractivity contribution is 9.10. The highest BCUT2D eigenvalue weighted by Crippen LogP contribution is 2.22. The van der Waals surface area contributed by atoms with E-state index in [2.05, 4.69) is 21.2 Å². The van der Waals surface area contributed by atoms with Gasteiger partial charge in [0.15, 0.2) is 6.61 Å². The second-order valence-corrected chi connectivity index (χ2v) is 6.88. The fraction of sp³-hybridized carbons (Fsp3) is 0.0909. The van der Waals surface area contributed by atoms with E-state index in [1.54, 1.807) is 30.3 Å². The number of benzene rings is 3. The zero-order valence-electron chi connectivity index (χ0n) is 15.1. The number of hydrogen-bond acceptors (Lipinski definition) is 4. The first-order chi connectivity index (χ1) is 13.5. The Hall–Kier alpha value is -3.12. The van der Waals surface area contributed by atoms with Gasteiger partial charge in [0.2, 0.25) is 0 Å². The van der Waals surface area contributed by atoms with Crippen molar-refractivity contribution in [2.75, 3.05) is 11.9 Å². The summed E-state index contributed by atoms with van der Waals surface area (Å²) < 4.78 is 11.7. The quantitative estimate of drug-likeness (QED) is 0.526. The van der Waals surface area contributed by atoms with Crippen LogP contribution in [0.3, 0.4) is 0 Å². The number of nitrogens with one attached hydrogen (secondary N) is 1. The summed E-state index contributed by atoms with van der Waals surface area (Å²) in [5.41, 5.74) is 1.98. The number of ether oxygens (including phenoxy) is 2. The summed E-state index contributed by atoms with van der Waals surface area (Å²) in [6.07, 6.45) is 0. The summed E-state index contributed by atoms with van der Waals surface area (Å²) >= 11 is 3.40. The van der Waals surface area contributed by atoms with Gasteiger partial charge in [-0.15, -0.1) is 0 Å². The van der Waals surface area contributed by atoms with Crippen molar-refractivity contribution in [3.63, 3.8) is 0 Å². The van der Waals surface area contributed by atoms with Gasteiger partial charge >= 0.3 is 5.97 Å². The van der Waals surface area contributed by atoms with E-state index in [4.69, 9.17) is 9.47 Å². The Morgan fingerprint density at radius 3 is 2.29 bits per heavy atom. The molecule has 142 valence electrons. The second-order valence-electron chi connectivity index (χ2n) is 6.03. The molecular formula is C22H18BrNO4. The lowest BCUT2D eigenvalue weighted by Crippen LogP contribution is -2.21. The molecule has 6 heteroatoms. The van der Waals surface area contributed by atoms with Gasteiger partial charge in [0.25, 0.3) is 5.91 Å². The molecule has 28 heavy (non-hydrogen) atoms. The van der Waals surface area contributed by atoms with Crippen molar-refractivity contribution in [3.8, 4) is 11.5 Å². The largest absolute Gasteiger partial charge is 0.457 e. The molecule has 3 aromatic carbocycles. The third kappa shape index (κ3) is 5.44. The van der Waals surface area contributed by atoms with Gasteiger partial charge in [0.05, 0.1) is 5.56 Å². The van der Waals surface area contributed by atoms with E-state index < -0.39 is 11.9 Å². The maximum absolute atomic E-state index is 12.1. The van der Waals surface area contributed by atoms with Gasteiger partial charge in [0, 0.05) is 10.2 Å². The fourth-order valence-electron chi connectivity index (χ4n) is 2.42. The number of carbonyl (C=O) groups excluding carboxylic acids is 2.